The van der Waals surface area contributed by atoms with Crippen LogP contribution in [0.2, 0.25) is 0 Å². The monoisotopic (exact) mass is 301 g/mol. The Bertz CT molecular complexity index is 475. The summed E-state index contributed by atoms with van der Waals surface area (Å²) in [5.41, 5.74) is 0. The molecule has 0 aromatic heterocycles. The second kappa shape index (κ2) is 5.61. The predicted molar refractivity (Wildman–Crippen MR) is 75.7 cm³/mol. The first-order valence-corrected chi connectivity index (χ1v) is 9.15. The van der Waals surface area contributed by atoms with Crippen molar-refractivity contribution in [3.63, 3.8) is 0 Å². The summed E-state index contributed by atoms with van der Waals surface area (Å²) in [4.78, 5) is 13.8. The second-order valence-electron chi connectivity index (χ2n) is 6.14. The number of piperidine rings is 1. The van der Waals surface area contributed by atoms with Gasteiger partial charge in [0.1, 0.15) is 0 Å². The van der Waals surface area contributed by atoms with Crippen molar-refractivity contribution in [2.24, 2.45) is 5.92 Å². The average Bonchev–Trinajstić information content (AvgIpc) is 3.23. The number of nitrogens with zero attached hydrogens (tertiary/aromatic N) is 2. The molecule has 3 fully saturated rings. The molecule has 0 spiro atoms. The highest BCUT2D eigenvalue weighted by atomic mass is 32.2. The molecule has 1 saturated carbocycles. The van der Waals surface area contributed by atoms with Crippen LogP contribution in [0, 0.1) is 5.92 Å². The fourth-order valence-corrected chi connectivity index (χ4v) is 5.07. The number of carbonyl (C=O) groups is 1. The van der Waals surface area contributed by atoms with Gasteiger partial charge in [0, 0.05) is 32.2 Å². The van der Waals surface area contributed by atoms with Crippen LogP contribution in [0.5, 0.6) is 0 Å². The number of amides is 1. The molecule has 0 bridgehead atoms. The molecule has 20 heavy (non-hydrogen) atoms. The van der Waals surface area contributed by atoms with E-state index in [0.717, 1.165) is 32.2 Å². The van der Waals surface area contributed by atoms with Crippen LogP contribution in [0.25, 0.3) is 0 Å². The quantitative estimate of drug-likeness (QED) is 0.769. The zero-order valence-electron chi connectivity index (χ0n) is 11.8. The van der Waals surface area contributed by atoms with Crippen molar-refractivity contribution in [3.8, 4) is 0 Å². The molecule has 114 valence electrons. The first kappa shape index (κ1) is 14.3. The Kier molecular flexibility index (Phi) is 4.01. The fraction of sp³-hybridized carbons (Fsp3) is 0.923. The van der Waals surface area contributed by atoms with Crippen LogP contribution in [-0.2, 0) is 14.8 Å². The highest BCUT2D eigenvalue weighted by Gasteiger charge is 2.37. The van der Waals surface area contributed by atoms with Crippen LogP contribution in [0.4, 0.5) is 0 Å². The van der Waals surface area contributed by atoms with Crippen molar-refractivity contribution >= 4 is 15.9 Å². The van der Waals surface area contributed by atoms with Crippen LogP contribution in [0.15, 0.2) is 0 Å². The molecule has 3 aliphatic rings. The second-order valence-corrected chi connectivity index (χ2v) is 8.15. The molecular weight excluding hydrogens is 278 g/mol. The summed E-state index contributed by atoms with van der Waals surface area (Å²) >= 11 is 0. The maximum atomic E-state index is 12.4. The lowest BCUT2D eigenvalue weighted by atomic mass is 10.1. The number of hydrogen-bond donors (Lipinski definition) is 1. The van der Waals surface area contributed by atoms with E-state index in [1.54, 1.807) is 4.31 Å². The lowest BCUT2D eigenvalue weighted by Crippen LogP contribution is -2.57. The zero-order valence-corrected chi connectivity index (χ0v) is 12.6. The van der Waals surface area contributed by atoms with Gasteiger partial charge in [0.2, 0.25) is 15.9 Å². The molecule has 3 rings (SSSR count). The summed E-state index contributed by atoms with van der Waals surface area (Å²) in [5.74, 6) is 0.777. The zero-order chi connectivity index (χ0) is 14.2. The smallest absolute Gasteiger partial charge is 0.236 e. The van der Waals surface area contributed by atoms with Gasteiger partial charge in [-0.25, -0.2) is 8.42 Å². The number of sulfonamides is 1. The standard InChI is InChI=1S/C13H23N3O3S/c17-13-8-14-5-7-16(13)12-2-1-6-15(9-12)20(18,19)10-11-3-4-11/h11-12,14H,1-10H2. The van der Waals surface area contributed by atoms with Gasteiger partial charge in [-0.05, 0) is 31.6 Å². The van der Waals surface area contributed by atoms with Gasteiger partial charge in [0.15, 0.2) is 0 Å². The fourth-order valence-electron chi connectivity index (χ4n) is 3.12. The minimum Gasteiger partial charge on any atom is -0.336 e. The molecule has 0 aromatic carbocycles. The summed E-state index contributed by atoms with van der Waals surface area (Å²) < 4.78 is 26.3. The van der Waals surface area contributed by atoms with Gasteiger partial charge in [-0.15, -0.1) is 0 Å². The highest BCUT2D eigenvalue weighted by molar-refractivity contribution is 7.89. The van der Waals surface area contributed by atoms with E-state index in [1.165, 1.54) is 0 Å². The molecule has 0 aromatic rings. The van der Waals surface area contributed by atoms with Gasteiger partial charge >= 0.3 is 0 Å². The van der Waals surface area contributed by atoms with Crippen molar-refractivity contribution in [1.82, 2.24) is 14.5 Å². The number of carbonyl (C=O) groups excluding carboxylic acids is 1. The van der Waals surface area contributed by atoms with Crippen molar-refractivity contribution in [2.45, 2.75) is 31.7 Å². The van der Waals surface area contributed by atoms with Crippen molar-refractivity contribution in [1.29, 1.82) is 0 Å². The molecule has 7 heteroatoms. The third-order valence-electron chi connectivity index (χ3n) is 4.46. The Morgan fingerprint density at radius 1 is 1.20 bits per heavy atom. The lowest BCUT2D eigenvalue weighted by Gasteiger charge is -2.40. The maximum Gasteiger partial charge on any atom is 0.236 e. The van der Waals surface area contributed by atoms with Crippen molar-refractivity contribution in [2.75, 3.05) is 38.5 Å². The van der Waals surface area contributed by atoms with E-state index in [9.17, 15) is 13.2 Å². The summed E-state index contributed by atoms with van der Waals surface area (Å²) in [6.45, 7) is 2.98. The minimum absolute atomic E-state index is 0.0623. The van der Waals surface area contributed by atoms with Crippen molar-refractivity contribution < 1.29 is 13.2 Å². The number of hydrogen-bond acceptors (Lipinski definition) is 4. The molecule has 1 unspecified atom stereocenters. The molecule has 6 nitrogen and oxygen atoms in total. The van der Waals surface area contributed by atoms with E-state index < -0.39 is 10.0 Å². The van der Waals surface area contributed by atoms with E-state index in [0.29, 0.717) is 37.8 Å². The van der Waals surface area contributed by atoms with E-state index in [4.69, 9.17) is 0 Å². The molecule has 1 amide bonds. The van der Waals surface area contributed by atoms with E-state index >= 15 is 0 Å². The molecule has 1 atom stereocenters. The molecule has 0 radical (unpaired) electrons. The molecule has 2 aliphatic heterocycles. The van der Waals surface area contributed by atoms with E-state index in [-0.39, 0.29) is 11.9 Å². The Morgan fingerprint density at radius 2 is 2.00 bits per heavy atom. The minimum atomic E-state index is -3.13. The number of rotatable bonds is 4. The number of piperazine rings is 1. The van der Waals surface area contributed by atoms with Gasteiger partial charge in [-0.1, -0.05) is 0 Å². The third kappa shape index (κ3) is 3.15. The topological polar surface area (TPSA) is 69.7 Å². The van der Waals surface area contributed by atoms with Gasteiger partial charge in [0.25, 0.3) is 0 Å². The van der Waals surface area contributed by atoms with E-state index in [1.807, 2.05) is 4.90 Å². The largest absolute Gasteiger partial charge is 0.336 e. The van der Waals surface area contributed by atoms with Gasteiger partial charge < -0.3 is 10.2 Å². The maximum absolute atomic E-state index is 12.4. The Labute approximate surface area is 120 Å². The number of nitrogens with one attached hydrogen (secondary N) is 1. The summed E-state index contributed by atoms with van der Waals surface area (Å²) in [5, 5.41) is 3.06. The molecule has 1 aliphatic carbocycles. The average molecular weight is 301 g/mol. The van der Waals surface area contributed by atoms with Crippen LogP contribution in [0.1, 0.15) is 25.7 Å². The van der Waals surface area contributed by atoms with Crippen LogP contribution in [0.3, 0.4) is 0 Å². The summed E-state index contributed by atoms with van der Waals surface area (Å²) in [6, 6.07) is 0.0623. The summed E-state index contributed by atoms with van der Waals surface area (Å²) in [7, 11) is -3.13. The van der Waals surface area contributed by atoms with Gasteiger partial charge in [-0.3, -0.25) is 4.79 Å². The third-order valence-corrected chi connectivity index (χ3v) is 6.47. The lowest BCUT2D eigenvalue weighted by molar-refractivity contribution is -0.135. The van der Waals surface area contributed by atoms with Crippen molar-refractivity contribution in [3.05, 3.63) is 0 Å². The molecular formula is C13H23N3O3S. The Hall–Kier alpha value is -0.660. The van der Waals surface area contributed by atoms with Crippen LogP contribution < -0.4 is 5.32 Å². The Morgan fingerprint density at radius 3 is 2.70 bits per heavy atom. The first-order chi connectivity index (χ1) is 9.56. The molecule has 1 N–H and O–H groups in total. The van der Waals surface area contributed by atoms with Crippen LogP contribution >= 0.6 is 0 Å². The van der Waals surface area contributed by atoms with Crippen LogP contribution in [-0.4, -0.2) is 68.0 Å². The molecule has 2 heterocycles. The SMILES string of the molecule is O=C1CNCCN1C1CCCN(S(=O)(=O)CC2CC2)C1. The van der Waals surface area contributed by atoms with E-state index in [2.05, 4.69) is 5.32 Å². The predicted octanol–water partition coefficient (Wildman–Crippen LogP) is -0.378. The normalized spacial score (nSPS) is 29.7. The first-order valence-electron chi connectivity index (χ1n) is 7.54. The van der Waals surface area contributed by atoms with Gasteiger partial charge in [0.05, 0.1) is 12.3 Å². The highest BCUT2D eigenvalue weighted by Crippen LogP contribution is 2.32. The Balaban J connectivity index is 1.64. The van der Waals surface area contributed by atoms with Gasteiger partial charge in [-0.2, -0.15) is 4.31 Å². The summed E-state index contributed by atoms with van der Waals surface area (Å²) in [6.07, 6.45) is 3.87. The molecule has 2 saturated heterocycles.